The van der Waals surface area contributed by atoms with Crippen molar-refractivity contribution in [2.45, 2.75) is 46.5 Å². The van der Waals surface area contributed by atoms with E-state index in [1.807, 2.05) is 13.8 Å². The minimum Gasteiger partial charge on any atom is -0.396 e. The highest BCUT2D eigenvalue weighted by Crippen LogP contribution is 2.21. The lowest BCUT2D eigenvalue weighted by Gasteiger charge is -2.24. The molecule has 0 spiro atoms. The molecule has 0 aromatic carbocycles. The second-order valence-corrected chi connectivity index (χ2v) is 6.82. The highest BCUT2D eigenvalue weighted by Gasteiger charge is 2.19. The van der Waals surface area contributed by atoms with Crippen molar-refractivity contribution in [3.63, 3.8) is 0 Å². The van der Waals surface area contributed by atoms with Crippen molar-refractivity contribution in [2.24, 2.45) is 5.41 Å². The average Bonchev–Trinajstić information content (AvgIpc) is 2.42. The van der Waals surface area contributed by atoms with Gasteiger partial charge in [0.1, 0.15) is 5.15 Å². The van der Waals surface area contributed by atoms with Crippen molar-refractivity contribution in [1.82, 2.24) is 10.3 Å². The van der Waals surface area contributed by atoms with Crippen LogP contribution in [0.4, 0.5) is 0 Å². The largest absolute Gasteiger partial charge is 0.396 e. The molecule has 1 rings (SSSR count). The summed E-state index contributed by atoms with van der Waals surface area (Å²) in [5.74, 6) is 0.0783. The number of hydrogen-bond acceptors (Lipinski definition) is 3. The molecule has 0 aliphatic rings. The lowest BCUT2D eigenvalue weighted by molar-refractivity contribution is 0.0932. The highest BCUT2D eigenvalue weighted by molar-refractivity contribution is 6.29. The summed E-state index contributed by atoms with van der Waals surface area (Å²) < 4.78 is 0. The van der Waals surface area contributed by atoms with Crippen LogP contribution in [0.3, 0.4) is 0 Å². The predicted octanol–water partition coefficient (Wildman–Crippen LogP) is 3.39. The lowest BCUT2D eigenvalue weighted by atomic mass is 9.88. The number of amides is 1. The van der Waals surface area contributed by atoms with Crippen molar-refractivity contribution in [3.05, 3.63) is 28.5 Å². The zero-order valence-electron chi connectivity index (χ0n) is 13.2. The van der Waals surface area contributed by atoms with E-state index in [0.717, 1.165) is 18.5 Å². The number of carbonyl (C=O) groups is 1. The van der Waals surface area contributed by atoms with E-state index in [1.54, 1.807) is 12.1 Å². The molecule has 0 unspecified atom stereocenters. The fourth-order valence-electron chi connectivity index (χ4n) is 2.01. The summed E-state index contributed by atoms with van der Waals surface area (Å²) in [6.45, 7) is 8.90. The first-order valence-corrected chi connectivity index (χ1v) is 7.69. The molecule has 4 nitrogen and oxygen atoms in total. The van der Waals surface area contributed by atoms with Crippen LogP contribution in [0.2, 0.25) is 5.15 Å². The fourth-order valence-corrected chi connectivity index (χ4v) is 2.23. The molecule has 0 bridgehead atoms. The van der Waals surface area contributed by atoms with E-state index in [0.29, 0.717) is 17.3 Å². The Morgan fingerprint density at radius 2 is 2.10 bits per heavy atom. The first kappa shape index (κ1) is 17.9. The van der Waals surface area contributed by atoms with Gasteiger partial charge in [-0.2, -0.15) is 0 Å². The Hall–Kier alpha value is -1.13. The first-order valence-electron chi connectivity index (χ1n) is 7.32. The van der Waals surface area contributed by atoms with E-state index in [1.165, 1.54) is 0 Å². The van der Waals surface area contributed by atoms with Crippen molar-refractivity contribution in [2.75, 3.05) is 13.2 Å². The Morgan fingerprint density at radius 3 is 2.67 bits per heavy atom. The van der Waals surface area contributed by atoms with Crippen LogP contribution in [0.15, 0.2) is 12.1 Å². The Bertz CT molecular complexity index is 487. The number of nitrogens with one attached hydrogen (secondary N) is 1. The van der Waals surface area contributed by atoms with Crippen molar-refractivity contribution < 1.29 is 9.90 Å². The zero-order valence-corrected chi connectivity index (χ0v) is 14.0. The molecule has 0 saturated heterocycles. The molecule has 21 heavy (non-hydrogen) atoms. The number of halogens is 1. The van der Waals surface area contributed by atoms with Gasteiger partial charge in [0.2, 0.25) is 0 Å². The molecule has 118 valence electrons. The van der Waals surface area contributed by atoms with Gasteiger partial charge in [0.25, 0.3) is 5.91 Å². The number of carbonyl (C=O) groups excluding carboxylic acids is 1. The second kappa shape index (κ2) is 7.76. The number of rotatable bonds is 7. The van der Waals surface area contributed by atoms with Gasteiger partial charge in [-0.15, -0.1) is 0 Å². The van der Waals surface area contributed by atoms with Crippen molar-refractivity contribution in [3.8, 4) is 0 Å². The average molecular weight is 313 g/mol. The van der Waals surface area contributed by atoms with Crippen molar-refractivity contribution in [1.29, 1.82) is 0 Å². The maximum atomic E-state index is 12.2. The monoisotopic (exact) mass is 312 g/mol. The third-order valence-corrected chi connectivity index (χ3v) is 3.60. The Morgan fingerprint density at radius 1 is 1.43 bits per heavy atom. The fraction of sp³-hybridized carbons (Fsp3) is 0.625. The standard InChI is InChI=1S/C16H25ClN2O2/c1-11(2)13-8-12(9-14(17)19-13)15(21)18-10-16(3,4)6-5-7-20/h8-9,11,20H,5-7,10H2,1-4H3,(H,18,21). The first-order chi connectivity index (χ1) is 9.75. The van der Waals surface area contributed by atoms with Gasteiger partial charge in [0, 0.05) is 24.4 Å². The minimum atomic E-state index is -0.140. The summed E-state index contributed by atoms with van der Waals surface area (Å²) in [4.78, 5) is 16.5. The van der Waals surface area contributed by atoms with E-state index in [-0.39, 0.29) is 23.8 Å². The molecule has 5 heteroatoms. The van der Waals surface area contributed by atoms with Crippen LogP contribution < -0.4 is 5.32 Å². The Kier molecular flexibility index (Phi) is 6.62. The summed E-state index contributed by atoms with van der Waals surface area (Å²) in [7, 11) is 0. The van der Waals surface area contributed by atoms with Crippen molar-refractivity contribution >= 4 is 17.5 Å². The number of nitrogens with zero attached hydrogens (tertiary/aromatic N) is 1. The zero-order chi connectivity index (χ0) is 16.0. The summed E-state index contributed by atoms with van der Waals surface area (Å²) in [6.07, 6.45) is 1.60. The molecule has 1 aromatic rings. The van der Waals surface area contributed by atoms with Gasteiger partial charge in [-0.05, 0) is 36.3 Å². The van der Waals surface area contributed by atoms with Crippen LogP contribution in [0.5, 0.6) is 0 Å². The van der Waals surface area contributed by atoms with E-state index in [4.69, 9.17) is 16.7 Å². The molecule has 1 amide bonds. The van der Waals surface area contributed by atoms with Crippen LogP contribution in [0.25, 0.3) is 0 Å². The quantitative estimate of drug-likeness (QED) is 0.759. The molecule has 0 saturated carbocycles. The van der Waals surface area contributed by atoms with Crippen LogP contribution in [-0.2, 0) is 0 Å². The molecule has 0 aliphatic heterocycles. The Balaban J connectivity index is 2.72. The predicted molar refractivity (Wildman–Crippen MR) is 85.8 cm³/mol. The summed E-state index contributed by atoms with van der Waals surface area (Å²) in [5, 5.41) is 12.2. The van der Waals surface area contributed by atoms with Gasteiger partial charge in [-0.3, -0.25) is 4.79 Å². The SMILES string of the molecule is CC(C)c1cc(C(=O)NCC(C)(C)CCCO)cc(Cl)n1. The van der Waals surface area contributed by atoms with E-state index >= 15 is 0 Å². The van der Waals surface area contributed by atoms with Gasteiger partial charge in [0.15, 0.2) is 0 Å². The maximum absolute atomic E-state index is 12.2. The smallest absolute Gasteiger partial charge is 0.251 e. The normalized spacial score (nSPS) is 11.8. The number of aliphatic hydroxyl groups is 1. The van der Waals surface area contributed by atoms with Crippen LogP contribution >= 0.6 is 11.6 Å². The summed E-state index contributed by atoms with van der Waals surface area (Å²) in [5.41, 5.74) is 1.31. The lowest BCUT2D eigenvalue weighted by Crippen LogP contribution is -2.34. The van der Waals surface area contributed by atoms with Gasteiger partial charge < -0.3 is 10.4 Å². The van der Waals surface area contributed by atoms with E-state index in [2.05, 4.69) is 24.1 Å². The molecular weight excluding hydrogens is 288 g/mol. The van der Waals surface area contributed by atoms with Gasteiger partial charge in [-0.25, -0.2) is 4.98 Å². The van der Waals surface area contributed by atoms with E-state index < -0.39 is 0 Å². The minimum absolute atomic E-state index is 0.0455. The number of aromatic nitrogens is 1. The molecule has 1 aromatic heterocycles. The third kappa shape index (κ3) is 6.02. The third-order valence-electron chi connectivity index (χ3n) is 3.41. The number of pyridine rings is 1. The molecule has 1 heterocycles. The highest BCUT2D eigenvalue weighted by atomic mass is 35.5. The topological polar surface area (TPSA) is 62.2 Å². The molecule has 2 N–H and O–H groups in total. The summed E-state index contributed by atoms with van der Waals surface area (Å²) in [6, 6.07) is 3.37. The van der Waals surface area contributed by atoms with Crippen LogP contribution in [-0.4, -0.2) is 29.1 Å². The Labute approximate surface area is 131 Å². The number of hydrogen-bond donors (Lipinski definition) is 2. The van der Waals surface area contributed by atoms with E-state index in [9.17, 15) is 4.79 Å². The van der Waals surface area contributed by atoms with Crippen LogP contribution in [0, 0.1) is 5.41 Å². The maximum Gasteiger partial charge on any atom is 0.251 e. The molecule has 0 atom stereocenters. The molecule has 0 radical (unpaired) electrons. The van der Waals surface area contributed by atoms with Gasteiger partial charge >= 0.3 is 0 Å². The summed E-state index contributed by atoms with van der Waals surface area (Å²) >= 11 is 5.98. The molecule has 0 fully saturated rings. The second-order valence-electron chi connectivity index (χ2n) is 6.43. The van der Waals surface area contributed by atoms with Gasteiger partial charge in [-0.1, -0.05) is 39.3 Å². The molecular formula is C16H25ClN2O2. The number of aliphatic hydroxyl groups excluding tert-OH is 1. The van der Waals surface area contributed by atoms with Gasteiger partial charge in [0.05, 0.1) is 0 Å². The van der Waals surface area contributed by atoms with Crippen LogP contribution in [0.1, 0.15) is 62.5 Å². The molecule has 0 aliphatic carbocycles.